The highest BCUT2D eigenvalue weighted by Gasteiger charge is 2.16. The van der Waals surface area contributed by atoms with Crippen LogP contribution in [0.15, 0.2) is 60.2 Å². The van der Waals surface area contributed by atoms with Gasteiger partial charge in [0.25, 0.3) is 0 Å². The lowest BCUT2D eigenvalue weighted by atomic mass is 9.83. The van der Waals surface area contributed by atoms with E-state index >= 15 is 0 Å². The number of hydrogen-bond acceptors (Lipinski definition) is 1. The molecule has 1 heteroatoms. The van der Waals surface area contributed by atoms with Crippen LogP contribution in [-0.2, 0) is 0 Å². The normalized spacial score (nSPS) is 14.8. The maximum atomic E-state index is 5.28. The minimum absolute atomic E-state index is 0.902. The van der Waals surface area contributed by atoms with Gasteiger partial charge in [0.2, 0.25) is 0 Å². The van der Waals surface area contributed by atoms with Gasteiger partial charge in [-0.3, -0.25) is 0 Å². The molecule has 0 fully saturated rings. The average Bonchev–Trinajstić information content (AvgIpc) is 2.55. The molecule has 1 aliphatic carbocycles. The molecular formula is C21H22O. The molecule has 0 aliphatic heterocycles. The number of methoxy groups -OCH3 is 1. The fourth-order valence-electron chi connectivity index (χ4n) is 3.04. The summed E-state index contributed by atoms with van der Waals surface area (Å²) in [6, 6.07) is 17.2. The van der Waals surface area contributed by atoms with E-state index in [9.17, 15) is 0 Å². The van der Waals surface area contributed by atoms with Crippen LogP contribution < -0.4 is 4.74 Å². The number of hydrogen-bond donors (Lipinski definition) is 0. The third-order valence-electron chi connectivity index (χ3n) is 4.31. The van der Waals surface area contributed by atoms with Crippen LogP contribution in [0.4, 0.5) is 0 Å². The van der Waals surface area contributed by atoms with Gasteiger partial charge < -0.3 is 4.74 Å². The van der Waals surface area contributed by atoms with E-state index in [1.807, 2.05) is 12.1 Å². The molecule has 0 amide bonds. The van der Waals surface area contributed by atoms with Crippen LogP contribution in [0.25, 0.3) is 11.1 Å². The smallest absolute Gasteiger partial charge is 0.118 e. The zero-order chi connectivity index (χ0) is 15.5. The Morgan fingerprint density at radius 2 is 1.45 bits per heavy atom. The van der Waals surface area contributed by atoms with Crippen molar-refractivity contribution in [2.24, 2.45) is 0 Å². The second kappa shape index (κ2) is 6.23. The first-order valence-electron chi connectivity index (χ1n) is 7.81. The SMILES string of the molecule is COc1ccc(C2=C(C)CCC=C2c2ccc(C)cc2)cc1. The van der Waals surface area contributed by atoms with Gasteiger partial charge in [-0.15, -0.1) is 0 Å². The average molecular weight is 290 g/mol. The predicted octanol–water partition coefficient (Wildman–Crippen LogP) is 5.65. The van der Waals surface area contributed by atoms with E-state index in [0.717, 1.165) is 18.6 Å². The highest BCUT2D eigenvalue weighted by Crippen LogP contribution is 2.39. The second-order valence-corrected chi connectivity index (χ2v) is 5.91. The molecule has 0 unspecified atom stereocenters. The van der Waals surface area contributed by atoms with E-state index < -0.39 is 0 Å². The molecule has 1 aliphatic rings. The van der Waals surface area contributed by atoms with E-state index in [4.69, 9.17) is 4.74 Å². The van der Waals surface area contributed by atoms with Gasteiger partial charge in [-0.25, -0.2) is 0 Å². The fraction of sp³-hybridized carbons (Fsp3) is 0.238. The van der Waals surface area contributed by atoms with Crippen molar-refractivity contribution in [1.82, 2.24) is 0 Å². The first-order chi connectivity index (χ1) is 10.7. The molecule has 0 aromatic heterocycles. The highest BCUT2D eigenvalue weighted by atomic mass is 16.5. The van der Waals surface area contributed by atoms with Crippen LogP contribution in [0.2, 0.25) is 0 Å². The summed E-state index contributed by atoms with van der Waals surface area (Å²) in [6.07, 6.45) is 4.63. The van der Waals surface area contributed by atoms with Gasteiger partial charge >= 0.3 is 0 Å². The Hall–Kier alpha value is -2.28. The molecule has 0 spiro atoms. The van der Waals surface area contributed by atoms with Crippen LogP contribution in [0.1, 0.15) is 36.5 Å². The van der Waals surface area contributed by atoms with E-state index in [1.165, 1.54) is 33.4 Å². The quantitative estimate of drug-likeness (QED) is 0.709. The Bertz CT molecular complexity index is 716. The lowest BCUT2D eigenvalue weighted by Gasteiger charge is -2.21. The Labute approximate surface area is 133 Å². The summed E-state index contributed by atoms with van der Waals surface area (Å²) in [5.41, 5.74) is 8.06. The topological polar surface area (TPSA) is 9.23 Å². The number of rotatable bonds is 3. The summed E-state index contributed by atoms with van der Waals surface area (Å²) in [5.74, 6) is 0.902. The lowest BCUT2D eigenvalue weighted by molar-refractivity contribution is 0.415. The zero-order valence-electron chi connectivity index (χ0n) is 13.5. The first kappa shape index (κ1) is 14.6. The first-order valence-corrected chi connectivity index (χ1v) is 7.81. The van der Waals surface area contributed by atoms with Crippen molar-refractivity contribution in [1.29, 1.82) is 0 Å². The monoisotopic (exact) mass is 290 g/mol. The molecule has 0 atom stereocenters. The summed E-state index contributed by atoms with van der Waals surface area (Å²) >= 11 is 0. The Balaban J connectivity index is 2.05. The van der Waals surface area contributed by atoms with Crippen molar-refractivity contribution < 1.29 is 4.74 Å². The van der Waals surface area contributed by atoms with Crippen molar-refractivity contribution in [3.8, 4) is 5.75 Å². The maximum absolute atomic E-state index is 5.28. The van der Waals surface area contributed by atoms with E-state index in [1.54, 1.807) is 7.11 Å². The summed E-state index contributed by atoms with van der Waals surface area (Å²) in [6.45, 7) is 4.38. The Kier molecular flexibility index (Phi) is 4.15. The molecule has 0 N–H and O–H groups in total. The molecule has 0 saturated carbocycles. The van der Waals surface area contributed by atoms with Crippen LogP contribution in [0.5, 0.6) is 5.75 Å². The maximum Gasteiger partial charge on any atom is 0.118 e. The van der Waals surface area contributed by atoms with Crippen molar-refractivity contribution in [2.75, 3.05) is 7.11 Å². The highest BCUT2D eigenvalue weighted by molar-refractivity contribution is 6.06. The number of aryl methyl sites for hydroxylation is 1. The second-order valence-electron chi connectivity index (χ2n) is 5.91. The van der Waals surface area contributed by atoms with Gasteiger partial charge in [-0.1, -0.05) is 53.6 Å². The van der Waals surface area contributed by atoms with Crippen LogP contribution in [-0.4, -0.2) is 7.11 Å². The fourth-order valence-corrected chi connectivity index (χ4v) is 3.04. The molecule has 22 heavy (non-hydrogen) atoms. The Morgan fingerprint density at radius 1 is 0.818 bits per heavy atom. The molecule has 0 heterocycles. The molecule has 2 aromatic carbocycles. The molecule has 3 rings (SSSR count). The summed E-state index contributed by atoms with van der Waals surface area (Å²) in [7, 11) is 1.71. The minimum Gasteiger partial charge on any atom is -0.497 e. The lowest BCUT2D eigenvalue weighted by Crippen LogP contribution is -1.99. The predicted molar refractivity (Wildman–Crippen MR) is 94.0 cm³/mol. The Morgan fingerprint density at radius 3 is 2.09 bits per heavy atom. The van der Waals surface area contributed by atoms with Crippen molar-refractivity contribution >= 4 is 11.1 Å². The van der Waals surface area contributed by atoms with Gasteiger partial charge in [0.1, 0.15) is 5.75 Å². The number of benzene rings is 2. The molecule has 1 nitrogen and oxygen atoms in total. The summed E-state index contributed by atoms with van der Waals surface area (Å²) in [5, 5.41) is 0. The van der Waals surface area contributed by atoms with Gasteiger partial charge in [0.15, 0.2) is 0 Å². The largest absolute Gasteiger partial charge is 0.497 e. The van der Waals surface area contributed by atoms with Gasteiger partial charge in [-0.2, -0.15) is 0 Å². The van der Waals surface area contributed by atoms with Crippen molar-refractivity contribution in [2.45, 2.75) is 26.7 Å². The molecule has 0 saturated heterocycles. The third-order valence-corrected chi connectivity index (χ3v) is 4.31. The van der Waals surface area contributed by atoms with Crippen LogP contribution in [0.3, 0.4) is 0 Å². The van der Waals surface area contributed by atoms with Crippen LogP contribution in [0, 0.1) is 6.92 Å². The van der Waals surface area contributed by atoms with Crippen LogP contribution >= 0.6 is 0 Å². The molecule has 112 valence electrons. The van der Waals surface area contributed by atoms with E-state index in [2.05, 4.69) is 56.3 Å². The minimum atomic E-state index is 0.902. The molecule has 2 aromatic rings. The molecule has 0 bridgehead atoms. The summed E-state index contributed by atoms with van der Waals surface area (Å²) < 4.78 is 5.28. The summed E-state index contributed by atoms with van der Waals surface area (Å²) in [4.78, 5) is 0. The van der Waals surface area contributed by atoms with Gasteiger partial charge in [-0.05, 0) is 61.1 Å². The third kappa shape index (κ3) is 2.85. The number of ether oxygens (including phenoxy) is 1. The van der Waals surface area contributed by atoms with Gasteiger partial charge in [0, 0.05) is 0 Å². The van der Waals surface area contributed by atoms with Gasteiger partial charge in [0.05, 0.1) is 7.11 Å². The van der Waals surface area contributed by atoms with E-state index in [-0.39, 0.29) is 0 Å². The molecular weight excluding hydrogens is 268 g/mol. The number of allylic oxidation sites excluding steroid dienone is 4. The zero-order valence-corrected chi connectivity index (χ0v) is 13.5. The molecule has 0 radical (unpaired) electrons. The van der Waals surface area contributed by atoms with Crippen molar-refractivity contribution in [3.63, 3.8) is 0 Å². The van der Waals surface area contributed by atoms with E-state index in [0.29, 0.717) is 0 Å². The standard InChI is InChI=1S/C21H22O/c1-15-7-9-17(10-8-15)20-6-4-5-16(2)21(20)18-11-13-19(22-3)14-12-18/h6-14H,4-5H2,1-3H3. The van der Waals surface area contributed by atoms with Crippen molar-refractivity contribution in [3.05, 3.63) is 76.9 Å².